The van der Waals surface area contributed by atoms with Gasteiger partial charge < -0.3 is 4.74 Å². The van der Waals surface area contributed by atoms with E-state index in [1.165, 1.54) is 5.56 Å². The van der Waals surface area contributed by atoms with Crippen molar-refractivity contribution in [2.24, 2.45) is 0 Å². The Kier molecular flexibility index (Phi) is 5.97. The Bertz CT molecular complexity index is 345. The lowest BCUT2D eigenvalue weighted by molar-refractivity contribution is 0.0100. The average Bonchev–Trinajstić information content (AvgIpc) is 2.42. The molecule has 0 aliphatic rings. The molecule has 0 amide bonds. The van der Waals surface area contributed by atoms with E-state index in [4.69, 9.17) is 27.9 Å². The molecule has 0 heterocycles. The minimum atomic E-state index is -0.166. The van der Waals surface area contributed by atoms with Gasteiger partial charge in [0.25, 0.3) is 0 Å². The van der Waals surface area contributed by atoms with Crippen LogP contribution in [0.3, 0.4) is 0 Å². The molecular formula is C15H22Cl2O. The van der Waals surface area contributed by atoms with Gasteiger partial charge in [0.1, 0.15) is 0 Å². The second-order valence-electron chi connectivity index (χ2n) is 5.38. The van der Waals surface area contributed by atoms with Gasteiger partial charge in [0.15, 0.2) is 0 Å². The van der Waals surface area contributed by atoms with Crippen molar-refractivity contribution in [2.45, 2.75) is 37.7 Å². The summed E-state index contributed by atoms with van der Waals surface area (Å²) in [6, 6.07) is 10.3. The number of ether oxygens (including phenoxy) is 1. The quantitative estimate of drug-likeness (QED) is 0.666. The van der Waals surface area contributed by atoms with Crippen LogP contribution in [-0.2, 0) is 10.2 Å². The van der Waals surface area contributed by atoms with Gasteiger partial charge in [-0.15, -0.1) is 23.2 Å². The number of hydrogen-bond acceptors (Lipinski definition) is 1. The van der Waals surface area contributed by atoms with Crippen LogP contribution in [0, 0.1) is 0 Å². The molecule has 0 fully saturated rings. The van der Waals surface area contributed by atoms with Gasteiger partial charge in [-0.1, -0.05) is 30.3 Å². The maximum Gasteiger partial charge on any atom is 0.0623 e. The van der Waals surface area contributed by atoms with E-state index in [1.807, 2.05) is 18.2 Å². The largest absolute Gasteiger partial charge is 0.379 e. The third-order valence-corrected chi connectivity index (χ3v) is 4.68. The molecule has 1 rings (SSSR count). The summed E-state index contributed by atoms with van der Waals surface area (Å²) in [5.41, 5.74) is 0.903. The fraction of sp³-hybridized carbons (Fsp3) is 0.600. The van der Waals surface area contributed by atoms with Gasteiger partial charge in [-0.05, 0) is 32.3 Å². The highest BCUT2D eigenvalue weighted by Crippen LogP contribution is 2.35. The van der Waals surface area contributed by atoms with Crippen molar-refractivity contribution in [3.63, 3.8) is 0 Å². The standard InChI is InChI=1S/C15H22Cl2O/c1-14(2,18-3)9-10-15(11-16,12-17)13-7-5-4-6-8-13/h4-8H,9-12H2,1-3H3. The molecule has 0 saturated carbocycles. The van der Waals surface area contributed by atoms with E-state index < -0.39 is 0 Å². The van der Waals surface area contributed by atoms with Crippen molar-refractivity contribution in [1.29, 1.82) is 0 Å². The Morgan fingerprint density at radius 3 is 2.00 bits per heavy atom. The second kappa shape index (κ2) is 6.79. The van der Waals surface area contributed by atoms with Crippen LogP contribution in [0.4, 0.5) is 0 Å². The Morgan fingerprint density at radius 1 is 1.00 bits per heavy atom. The van der Waals surface area contributed by atoms with Crippen LogP contribution in [0.5, 0.6) is 0 Å². The van der Waals surface area contributed by atoms with Gasteiger partial charge in [0, 0.05) is 24.3 Å². The number of hydrogen-bond donors (Lipinski definition) is 0. The highest BCUT2D eigenvalue weighted by molar-refractivity contribution is 6.22. The maximum absolute atomic E-state index is 6.21. The number of rotatable bonds is 7. The van der Waals surface area contributed by atoms with E-state index in [-0.39, 0.29) is 11.0 Å². The topological polar surface area (TPSA) is 9.23 Å². The number of methoxy groups -OCH3 is 1. The second-order valence-corrected chi connectivity index (χ2v) is 5.91. The molecule has 0 aromatic heterocycles. The zero-order valence-corrected chi connectivity index (χ0v) is 12.9. The first-order valence-corrected chi connectivity index (χ1v) is 7.29. The molecule has 1 aromatic rings. The van der Waals surface area contributed by atoms with Crippen molar-refractivity contribution in [3.8, 4) is 0 Å². The molecule has 0 aliphatic heterocycles. The van der Waals surface area contributed by atoms with Gasteiger partial charge in [-0.3, -0.25) is 0 Å². The summed E-state index contributed by atoms with van der Waals surface area (Å²) in [4.78, 5) is 0. The lowest BCUT2D eigenvalue weighted by atomic mass is 9.78. The van der Waals surface area contributed by atoms with Crippen molar-refractivity contribution < 1.29 is 4.74 Å². The molecule has 1 nitrogen and oxygen atoms in total. The van der Waals surface area contributed by atoms with Crippen LogP contribution in [0.2, 0.25) is 0 Å². The first-order chi connectivity index (χ1) is 8.49. The third-order valence-electron chi connectivity index (χ3n) is 3.66. The highest BCUT2D eigenvalue weighted by atomic mass is 35.5. The van der Waals surface area contributed by atoms with Crippen molar-refractivity contribution in [2.75, 3.05) is 18.9 Å². The van der Waals surface area contributed by atoms with E-state index in [0.717, 1.165) is 12.8 Å². The van der Waals surface area contributed by atoms with E-state index >= 15 is 0 Å². The molecule has 0 unspecified atom stereocenters. The predicted molar refractivity (Wildman–Crippen MR) is 79.9 cm³/mol. The van der Waals surface area contributed by atoms with Crippen LogP contribution in [-0.4, -0.2) is 24.5 Å². The first kappa shape index (κ1) is 15.8. The molecule has 0 aliphatic carbocycles. The number of benzene rings is 1. The van der Waals surface area contributed by atoms with Crippen LogP contribution < -0.4 is 0 Å². The lowest BCUT2D eigenvalue weighted by Gasteiger charge is -2.34. The van der Waals surface area contributed by atoms with Crippen molar-refractivity contribution in [1.82, 2.24) is 0 Å². The summed E-state index contributed by atoms with van der Waals surface area (Å²) in [5, 5.41) is 0. The van der Waals surface area contributed by atoms with E-state index in [0.29, 0.717) is 11.8 Å². The van der Waals surface area contributed by atoms with E-state index in [2.05, 4.69) is 26.0 Å². The van der Waals surface area contributed by atoms with E-state index in [9.17, 15) is 0 Å². The highest BCUT2D eigenvalue weighted by Gasteiger charge is 2.32. The molecule has 0 N–H and O–H groups in total. The summed E-state index contributed by atoms with van der Waals surface area (Å²) in [6.45, 7) is 4.18. The van der Waals surface area contributed by atoms with Crippen LogP contribution in [0.15, 0.2) is 30.3 Å². The van der Waals surface area contributed by atoms with Gasteiger partial charge in [0.2, 0.25) is 0 Å². The molecule has 0 atom stereocenters. The molecule has 1 aromatic carbocycles. The molecule has 102 valence electrons. The zero-order valence-electron chi connectivity index (χ0n) is 11.4. The van der Waals surface area contributed by atoms with E-state index in [1.54, 1.807) is 7.11 Å². The van der Waals surface area contributed by atoms with Crippen LogP contribution in [0.1, 0.15) is 32.3 Å². The van der Waals surface area contributed by atoms with Crippen LogP contribution >= 0.6 is 23.2 Å². The number of alkyl halides is 2. The van der Waals surface area contributed by atoms with Crippen molar-refractivity contribution in [3.05, 3.63) is 35.9 Å². The summed E-state index contributed by atoms with van der Waals surface area (Å²) >= 11 is 12.4. The molecule has 0 bridgehead atoms. The molecular weight excluding hydrogens is 267 g/mol. The van der Waals surface area contributed by atoms with Crippen LogP contribution in [0.25, 0.3) is 0 Å². The molecule has 0 saturated heterocycles. The average molecular weight is 289 g/mol. The predicted octanol–water partition coefficient (Wildman–Crippen LogP) is 4.61. The fourth-order valence-electron chi connectivity index (χ4n) is 1.90. The minimum absolute atomic E-state index is 0.141. The normalized spacial score (nSPS) is 12.7. The fourth-order valence-corrected chi connectivity index (χ4v) is 2.76. The molecule has 18 heavy (non-hydrogen) atoms. The Labute approximate surface area is 120 Å². The first-order valence-electron chi connectivity index (χ1n) is 6.22. The van der Waals surface area contributed by atoms with Gasteiger partial charge in [-0.25, -0.2) is 0 Å². The van der Waals surface area contributed by atoms with Crippen molar-refractivity contribution >= 4 is 23.2 Å². The number of halogens is 2. The summed E-state index contributed by atoms with van der Waals surface area (Å²) < 4.78 is 5.47. The minimum Gasteiger partial charge on any atom is -0.379 e. The monoisotopic (exact) mass is 288 g/mol. The Balaban J connectivity index is 2.88. The maximum atomic E-state index is 6.21. The Morgan fingerprint density at radius 2 is 1.56 bits per heavy atom. The molecule has 0 radical (unpaired) electrons. The summed E-state index contributed by atoms with van der Waals surface area (Å²) in [7, 11) is 1.74. The van der Waals surface area contributed by atoms with Gasteiger partial charge >= 0.3 is 0 Å². The zero-order chi connectivity index (χ0) is 13.6. The Hall–Kier alpha value is -0.240. The summed E-state index contributed by atoms with van der Waals surface area (Å²) in [5.74, 6) is 1.06. The molecule has 0 spiro atoms. The van der Waals surface area contributed by atoms with Gasteiger partial charge in [-0.2, -0.15) is 0 Å². The SMILES string of the molecule is COC(C)(C)CCC(CCl)(CCl)c1ccccc1. The lowest BCUT2D eigenvalue weighted by Crippen LogP contribution is -2.34. The summed E-state index contributed by atoms with van der Waals surface area (Å²) in [6.07, 6.45) is 1.85. The third kappa shape index (κ3) is 3.88. The van der Waals surface area contributed by atoms with Gasteiger partial charge in [0.05, 0.1) is 5.60 Å². The molecule has 3 heteroatoms. The smallest absolute Gasteiger partial charge is 0.0623 e.